The Bertz CT molecular complexity index is 1180. The first kappa shape index (κ1) is 24.1. The van der Waals surface area contributed by atoms with Crippen LogP contribution in [0.25, 0.3) is 10.9 Å². The van der Waals surface area contributed by atoms with Crippen molar-refractivity contribution in [3.8, 4) is 17.2 Å². The van der Waals surface area contributed by atoms with Crippen LogP contribution < -0.4 is 25.1 Å². The highest BCUT2D eigenvalue weighted by Crippen LogP contribution is 2.30. The predicted octanol–water partition coefficient (Wildman–Crippen LogP) is 5.07. The lowest BCUT2D eigenvalue weighted by atomic mass is 9.84. The first-order valence-corrected chi connectivity index (χ1v) is 12.1. The van der Waals surface area contributed by atoms with Crippen LogP contribution in [0.15, 0.2) is 47.3 Å². The number of pyridine rings is 1. The summed E-state index contributed by atoms with van der Waals surface area (Å²) >= 11 is 0. The van der Waals surface area contributed by atoms with Crippen molar-refractivity contribution in [2.45, 2.75) is 58.2 Å². The van der Waals surface area contributed by atoms with Crippen LogP contribution in [-0.2, 0) is 13.1 Å². The Hall–Kier alpha value is -2.99. The molecule has 2 aromatic carbocycles. The van der Waals surface area contributed by atoms with Gasteiger partial charge in [0, 0.05) is 48.3 Å². The van der Waals surface area contributed by atoms with E-state index in [0.717, 1.165) is 71.6 Å². The molecule has 0 aliphatic heterocycles. The summed E-state index contributed by atoms with van der Waals surface area (Å²) in [6.07, 6.45) is 5.69. The molecule has 0 bridgehead atoms. The summed E-state index contributed by atoms with van der Waals surface area (Å²) in [7, 11) is 5.03. The minimum atomic E-state index is 0.0713. The van der Waals surface area contributed by atoms with Crippen LogP contribution >= 0.6 is 0 Å². The highest BCUT2D eigenvalue weighted by molar-refractivity contribution is 5.83. The third kappa shape index (κ3) is 5.39. The number of aryl methyl sites for hydroxylation is 2. The van der Waals surface area contributed by atoms with E-state index in [-0.39, 0.29) is 5.56 Å². The molecule has 0 unspecified atom stereocenters. The molecule has 182 valence electrons. The van der Waals surface area contributed by atoms with E-state index >= 15 is 0 Å². The van der Waals surface area contributed by atoms with Gasteiger partial charge in [-0.1, -0.05) is 6.07 Å². The van der Waals surface area contributed by atoms with Crippen molar-refractivity contribution in [1.29, 1.82) is 0 Å². The summed E-state index contributed by atoms with van der Waals surface area (Å²) in [5.41, 5.74) is 3.20. The lowest BCUT2D eigenvalue weighted by Gasteiger charge is -2.29. The van der Waals surface area contributed by atoms with Gasteiger partial charge in [0.2, 0.25) is 0 Å². The minimum Gasteiger partial charge on any atom is -0.497 e. The second-order valence-electron chi connectivity index (χ2n) is 9.27. The second kappa shape index (κ2) is 11.0. The highest BCUT2D eigenvalue weighted by atomic mass is 16.5. The zero-order chi connectivity index (χ0) is 24.1. The summed E-state index contributed by atoms with van der Waals surface area (Å²) < 4.78 is 18.1. The molecular formula is C28H36N2O4. The van der Waals surface area contributed by atoms with Gasteiger partial charge in [0.05, 0.1) is 26.8 Å². The first-order chi connectivity index (χ1) is 16.5. The second-order valence-corrected chi connectivity index (χ2v) is 9.27. The fourth-order valence-corrected chi connectivity index (χ4v) is 5.10. The molecule has 3 aromatic rings. The lowest BCUT2D eigenvalue weighted by molar-refractivity contribution is 0.270. The Morgan fingerprint density at radius 2 is 1.62 bits per heavy atom. The summed E-state index contributed by atoms with van der Waals surface area (Å²) in [5.74, 6) is 3.08. The van der Waals surface area contributed by atoms with Gasteiger partial charge in [-0.3, -0.25) is 4.79 Å². The Morgan fingerprint density at radius 1 is 0.912 bits per heavy atom. The largest absolute Gasteiger partial charge is 0.497 e. The van der Waals surface area contributed by atoms with E-state index in [2.05, 4.69) is 11.4 Å². The SMILES string of the molecule is COc1ccc(CNC2CCC(CCn3c(=O)cc(C)c4ccc(OC)cc43)CC2)c(OC)c1. The lowest BCUT2D eigenvalue weighted by Crippen LogP contribution is -2.33. The summed E-state index contributed by atoms with van der Waals surface area (Å²) in [6, 6.07) is 14.2. The van der Waals surface area contributed by atoms with Crippen molar-refractivity contribution in [3.05, 3.63) is 63.9 Å². The molecule has 1 heterocycles. The maximum Gasteiger partial charge on any atom is 0.251 e. The molecule has 0 atom stereocenters. The average molecular weight is 465 g/mol. The van der Waals surface area contributed by atoms with Crippen molar-refractivity contribution in [2.75, 3.05) is 21.3 Å². The average Bonchev–Trinajstić information content (AvgIpc) is 2.87. The first-order valence-electron chi connectivity index (χ1n) is 12.1. The van der Waals surface area contributed by atoms with E-state index in [9.17, 15) is 4.79 Å². The Labute approximate surface area is 201 Å². The van der Waals surface area contributed by atoms with Crippen LogP contribution in [0.4, 0.5) is 0 Å². The molecule has 1 aliphatic rings. The zero-order valence-corrected chi connectivity index (χ0v) is 20.7. The third-order valence-corrected chi connectivity index (χ3v) is 7.21. The van der Waals surface area contributed by atoms with Crippen molar-refractivity contribution in [3.63, 3.8) is 0 Å². The Kier molecular flexibility index (Phi) is 7.78. The van der Waals surface area contributed by atoms with Crippen molar-refractivity contribution < 1.29 is 14.2 Å². The van der Waals surface area contributed by atoms with E-state index in [1.807, 2.05) is 41.8 Å². The number of hydrogen-bond donors (Lipinski definition) is 1. The smallest absolute Gasteiger partial charge is 0.251 e. The monoisotopic (exact) mass is 464 g/mol. The van der Waals surface area contributed by atoms with E-state index in [1.165, 1.54) is 12.8 Å². The number of aromatic nitrogens is 1. The number of fused-ring (bicyclic) bond motifs is 1. The van der Waals surface area contributed by atoms with Gasteiger partial charge >= 0.3 is 0 Å². The van der Waals surface area contributed by atoms with Gasteiger partial charge in [-0.25, -0.2) is 0 Å². The van der Waals surface area contributed by atoms with E-state index < -0.39 is 0 Å². The molecule has 1 N–H and O–H groups in total. The van der Waals surface area contributed by atoms with Gasteiger partial charge in [-0.15, -0.1) is 0 Å². The summed E-state index contributed by atoms with van der Waals surface area (Å²) in [6.45, 7) is 3.53. The molecule has 1 aromatic heterocycles. The zero-order valence-electron chi connectivity index (χ0n) is 20.7. The molecule has 0 radical (unpaired) electrons. The van der Waals surface area contributed by atoms with Crippen LogP contribution in [0, 0.1) is 12.8 Å². The number of nitrogens with one attached hydrogen (secondary N) is 1. The van der Waals surface area contributed by atoms with Crippen molar-refractivity contribution in [2.24, 2.45) is 5.92 Å². The topological polar surface area (TPSA) is 61.7 Å². The number of benzene rings is 2. The van der Waals surface area contributed by atoms with Crippen LogP contribution in [-0.4, -0.2) is 31.9 Å². The van der Waals surface area contributed by atoms with Crippen LogP contribution in [0.5, 0.6) is 17.2 Å². The molecule has 1 aliphatic carbocycles. The normalized spacial score (nSPS) is 18.1. The van der Waals surface area contributed by atoms with Gasteiger partial charge < -0.3 is 24.1 Å². The van der Waals surface area contributed by atoms with Gasteiger partial charge in [-0.05, 0) is 68.7 Å². The molecule has 0 amide bonds. The molecule has 6 heteroatoms. The van der Waals surface area contributed by atoms with Gasteiger partial charge in [-0.2, -0.15) is 0 Å². The van der Waals surface area contributed by atoms with Crippen LogP contribution in [0.3, 0.4) is 0 Å². The van der Waals surface area contributed by atoms with Crippen LogP contribution in [0.1, 0.15) is 43.2 Å². The minimum absolute atomic E-state index is 0.0713. The summed E-state index contributed by atoms with van der Waals surface area (Å²) in [4.78, 5) is 12.8. The van der Waals surface area contributed by atoms with Gasteiger partial charge in [0.1, 0.15) is 17.2 Å². The molecule has 4 rings (SSSR count). The van der Waals surface area contributed by atoms with E-state index in [1.54, 1.807) is 27.4 Å². The highest BCUT2D eigenvalue weighted by Gasteiger charge is 2.21. The van der Waals surface area contributed by atoms with E-state index in [4.69, 9.17) is 14.2 Å². The molecule has 34 heavy (non-hydrogen) atoms. The predicted molar refractivity (Wildman–Crippen MR) is 136 cm³/mol. The maximum atomic E-state index is 12.8. The molecule has 0 spiro atoms. The Morgan fingerprint density at radius 3 is 2.32 bits per heavy atom. The molecule has 1 saturated carbocycles. The number of methoxy groups -OCH3 is 3. The molecule has 0 saturated heterocycles. The number of rotatable bonds is 9. The molecule has 6 nitrogen and oxygen atoms in total. The summed E-state index contributed by atoms with van der Waals surface area (Å²) in [5, 5.41) is 4.82. The number of ether oxygens (including phenoxy) is 3. The van der Waals surface area contributed by atoms with Crippen molar-refractivity contribution >= 4 is 10.9 Å². The fraction of sp³-hybridized carbons (Fsp3) is 0.464. The Balaban J connectivity index is 1.33. The standard InChI is InChI=1S/C28H36N2O4/c1-19-15-28(31)30(26-16-23(32-2)11-12-25(19)26)14-13-20-5-8-22(9-6-20)29-18-21-7-10-24(33-3)17-27(21)34-4/h7,10-12,15-17,20,22,29H,5-6,8-9,13-14,18H2,1-4H3. The van der Waals surface area contributed by atoms with Gasteiger partial charge in [0.25, 0.3) is 5.56 Å². The van der Waals surface area contributed by atoms with E-state index in [0.29, 0.717) is 12.0 Å². The quantitative estimate of drug-likeness (QED) is 0.479. The van der Waals surface area contributed by atoms with Crippen LogP contribution in [0.2, 0.25) is 0 Å². The van der Waals surface area contributed by atoms with Crippen molar-refractivity contribution in [1.82, 2.24) is 9.88 Å². The maximum absolute atomic E-state index is 12.8. The number of nitrogens with zero attached hydrogens (tertiary/aromatic N) is 1. The van der Waals surface area contributed by atoms with Gasteiger partial charge in [0.15, 0.2) is 0 Å². The molecular weight excluding hydrogens is 428 g/mol. The third-order valence-electron chi connectivity index (χ3n) is 7.21. The molecule has 1 fully saturated rings. The number of hydrogen-bond acceptors (Lipinski definition) is 5. The fourth-order valence-electron chi connectivity index (χ4n) is 5.10.